The number of hydrogen-bond acceptors (Lipinski definition) is 5. The van der Waals surface area contributed by atoms with E-state index in [9.17, 15) is 9.90 Å². The van der Waals surface area contributed by atoms with Crippen molar-refractivity contribution in [3.05, 3.63) is 94.6 Å². The molecule has 0 aliphatic heterocycles. The van der Waals surface area contributed by atoms with E-state index >= 15 is 0 Å². The van der Waals surface area contributed by atoms with Crippen LogP contribution >= 0.6 is 11.6 Å². The smallest absolute Gasteiger partial charge is 0.385 e. The fourth-order valence-corrected chi connectivity index (χ4v) is 2.44. The first kappa shape index (κ1) is 21.9. The standard InChI is InChI=1S/C22H22ClN3O3/c1-2-18(27)5-3-4-15-6-12-19(13-7-15)29-21(20(25)14-24)22(28)26-17-10-8-16(23)9-11-17/h2-3,5-14,24,27H,4,25H2,1H3,(H,26,28)/p+1/b5-3-,18-2+,21-20-,24-14?. The summed E-state index contributed by atoms with van der Waals surface area (Å²) < 4.78 is 5.67. The van der Waals surface area contributed by atoms with E-state index in [-0.39, 0.29) is 17.2 Å². The van der Waals surface area contributed by atoms with Gasteiger partial charge in [0.1, 0.15) is 22.9 Å². The molecule has 0 bridgehead atoms. The van der Waals surface area contributed by atoms with Gasteiger partial charge in [0.15, 0.2) is 0 Å². The van der Waals surface area contributed by atoms with Gasteiger partial charge in [-0.25, -0.2) is 10.1 Å². The molecule has 7 heteroatoms. The van der Waals surface area contributed by atoms with Crippen molar-refractivity contribution in [2.75, 3.05) is 0 Å². The molecule has 150 valence electrons. The average molecular weight is 413 g/mol. The SMILES string of the molecule is C/C=C(O)\C=C/Cc1ccc(O/C(C(=O)[NH2+]c2ccc(Cl)cc2)=C(\N)C=N)cc1. The molecule has 6 nitrogen and oxygen atoms in total. The molecule has 0 unspecified atom stereocenters. The van der Waals surface area contributed by atoms with Crippen LogP contribution in [0.1, 0.15) is 12.5 Å². The molecule has 0 atom stereocenters. The van der Waals surface area contributed by atoms with Gasteiger partial charge in [-0.1, -0.05) is 29.8 Å². The topological polar surface area (TPSA) is 113 Å². The number of halogens is 1. The lowest BCUT2D eigenvalue weighted by Gasteiger charge is -2.09. The number of amides is 1. The van der Waals surface area contributed by atoms with Crippen molar-refractivity contribution in [2.45, 2.75) is 13.3 Å². The van der Waals surface area contributed by atoms with Crippen LogP contribution in [0, 0.1) is 5.41 Å². The van der Waals surface area contributed by atoms with E-state index in [1.54, 1.807) is 55.5 Å². The summed E-state index contributed by atoms with van der Waals surface area (Å²) in [5.74, 6) is 0.0479. The van der Waals surface area contributed by atoms with Crippen LogP contribution in [-0.2, 0) is 11.2 Å². The Kier molecular flexibility index (Phi) is 8.21. The summed E-state index contributed by atoms with van der Waals surface area (Å²) in [6, 6.07) is 13.9. The maximum atomic E-state index is 12.6. The third kappa shape index (κ3) is 6.95. The summed E-state index contributed by atoms with van der Waals surface area (Å²) in [4.78, 5) is 12.6. The van der Waals surface area contributed by atoms with Gasteiger partial charge < -0.3 is 21.0 Å². The van der Waals surface area contributed by atoms with Crippen LogP contribution in [0.3, 0.4) is 0 Å². The Balaban J connectivity index is 2.10. The number of allylic oxidation sites excluding steroid dienone is 4. The second kappa shape index (κ2) is 10.8. The van der Waals surface area contributed by atoms with Crippen LogP contribution in [0.5, 0.6) is 5.75 Å². The Morgan fingerprint density at radius 3 is 2.45 bits per heavy atom. The minimum Gasteiger partial charge on any atom is -0.508 e. The number of rotatable bonds is 8. The molecule has 6 N–H and O–H groups in total. The summed E-state index contributed by atoms with van der Waals surface area (Å²) in [7, 11) is 0. The summed E-state index contributed by atoms with van der Waals surface area (Å²) in [6.45, 7) is 1.75. The number of primary amides is 1. The molecule has 0 radical (unpaired) electrons. The van der Waals surface area contributed by atoms with Crippen LogP contribution in [0.15, 0.2) is 84.0 Å². The van der Waals surface area contributed by atoms with Crippen LogP contribution < -0.4 is 15.8 Å². The Hall–Kier alpha value is -3.35. The highest BCUT2D eigenvalue weighted by Gasteiger charge is 2.21. The van der Waals surface area contributed by atoms with Crippen molar-refractivity contribution in [3.8, 4) is 5.75 Å². The largest absolute Gasteiger partial charge is 0.508 e. The lowest BCUT2D eigenvalue weighted by Crippen LogP contribution is -2.83. The summed E-state index contributed by atoms with van der Waals surface area (Å²) in [6.07, 6.45) is 6.57. The summed E-state index contributed by atoms with van der Waals surface area (Å²) in [5, 5.41) is 18.7. The number of benzene rings is 2. The third-order valence-electron chi connectivity index (χ3n) is 3.89. The Morgan fingerprint density at radius 1 is 1.21 bits per heavy atom. The average Bonchev–Trinajstić information content (AvgIpc) is 2.73. The fourth-order valence-electron chi connectivity index (χ4n) is 2.32. The lowest BCUT2D eigenvalue weighted by molar-refractivity contribution is -0.480. The van der Waals surface area contributed by atoms with E-state index in [2.05, 4.69) is 0 Å². The zero-order chi connectivity index (χ0) is 21.2. The van der Waals surface area contributed by atoms with E-state index in [0.717, 1.165) is 11.8 Å². The van der Waals surface area contributed by atoms with Crippen molar-refractivity contribution in [1.29, 1.82) is 5.41 Å². The number of carbonyl (C=O) groups is 1. The summed E-state index contributed by atoms with van der Waals surface area (Å²) in [5.41, 5.74) is 7.36. The summed E-state index contributed by atoms with van der Waals surface area (Å²) >= 11 is 5.86. The highest BCUT2D eigenvalue weighted by atomic mass is 35.5. The Labute approximate surface area is 174 Å². The third-order valence-corrected chi connectivity index (χ3v) is 4.14. The zero-order valence-corrected chi connectivity index (χ0v) is 16.7. The number of nitrogens with one attached hydrogen (secondary N) is 1. The van der Waals surface area contributed by atoms with E-state index < -0.39 is 5.91 Å². The number of aliphatic hydroxyl groups excluding tert-OH is 1. The maximum absolute atomic E-state index is 12.6. The van der Waals surface area contributed by atoms with Crippen LogP contribution in [0.2, 0.25) is 5.02 Å². The first-order valence-electron chi connectivity index (χ1n) is 8.86. The van der Waals surface area contributed by atoms with Gasteiger partial charge in [0, 0.05) is 23.4 Å². The van der Waals surface area contributed by atoms with Crippen molar-refractivity contribution in [2.24, 2.45) is 5.73 Å². The predicted octanol–water partition coefficient (Wildman–Crippen LogP) is 3.52. The van der Waals surface area contributed by atoms with Crippen molar-refractivity contribution >= 4 is 29.4 Å². The number of ether oxygens (including phenoxy) is 1. The molecule has 29 heavy (non-hydrogen) atoms. The molecule has 0 aliphatic carbocycles. The van der Waals surface area contributed by atoms with Crippen molar-refractivity contribution in [3.63, 3.8) is 0 Å². The minimum absolute atomic E-state index is 0.0750. The molecule has 0 aliphatic rings. The molecule has 2 aromatic rings. The van der Waals surface area contributed by atoms with Crippen molar-refractivity contribution < 1.29 is 20.0 Å². The molecular formula is C22H23ClN3O3+. The molecule has 0 saturated heterocycles. The molecule has 2 rings (SSSR count). The monoisotopic (exact) mass is 412 g/mol. The van der Waals surface area contributed by atoms with Gasteiger partial charge in [-0.2, -0.15) is 0 Å². The first-order valence-corrected chi connectivity index (χ1v) is 9.24. The molecule has 1 amide bonds. The van der Waals surface area contributed by atoms with Gasteiger partial charge in [-0.15, -0.1) is 0 Å². The lowest BCUT2D eigenvalue weighted by atomic mass is 10.1. The van der Waals surface area contributed by atoms with E-state index in [1.165, 1.54) is 5.32 Å². The van der Waals surface area contributed by atoms with Gasteiger partial charge in [0.2, 0.25) is 0 Å². The first-order chi connectivity index (χ1) is 13.9. The van der Waals surface area contributed by atoms with Crippen LogP contribution in [0.4, 0.5) is 5.69 Å². The van der Waals surface area contributed by atoms with Gasteiger partial charge in [0.25, 0.3) is 5.76 Å². The van der Waals surface area contributed by atoms with E-state index in [1.807, 2.05) is 18.2 Å². The molecule has 0 heterocycles. The highest BCUT2D eigenvalue weighted by molar-refractivity contribution is 6.30. The number of carbonyl (C=O) groups excluding carboxylic acids is 1. The van der Waals surface area contributed by atoms with Gasteiger partial charge in [0.05, 0.1) is 0 Å². The molecule has 0 saturated carbocycles. The van der Waals surface area contributed by atoms with Gasteiger partial charge >= 0.3 is 5.91 Å². The second-order valence-electron chi connectivity index (χ2n) is 6.05. The number of nitrogens with two attached hydrogens (primary N) is 2. The zero-order valence-electron chi connectivity index (χ0n) is 15.9. The fraction of sp³-hybridized carbons (Fsp3) is 0.0909. The number of hydrogen-bond donors (Lipinski definition) is 4. The predicted molar refractivity (Wildman–Crippen MR) is 114 cm³/mol. The van der Waals surface area contributed by atoms with E-state index in [0.29, 0.717) is 22.9 Å². The van der Waals surface area contributed by atoms with E-state index in [4.69, 9.17) is 27.5 Å². The minimum atomic E-state index is -0.456. The number of quaternary nitrogens is 1. The van der Waals surface area contributed by atoms with Crippen molar-refractivity contribution in [1.82, 2.24) is 0 Å². The highest BCUT2D eigenvalue weighted by Crippen LogP contribution is 2.17. The molecular weight excluding hydrogens is 390 g/mol. The Bertz CT molecular complexity index is 946. The maximum Gasteiger partial charge on any atom is 0.385 e. The number of aliphatic hydroxyl groups is 1. The molecule has 0 aromatic heterocycles. The normalized spacial score (nSPS) is 12.6. The quantitative estimate of drug-likeness (QED) is 0.175. The molecule has 0 fully saturated rings. The molecule has 2 aromatic carbocycles. The van der Waals surface area contributed by atoms with Crippen LogP contribution in [-0.4, -0.2) is 17.2 Å². The molecule has 0 spiro atoms. The van der Waals surface area contributed by atoms with Crippen LogP contribution in [0.25, 0.3) is 0 Å². The second-order valence-corrected chi connectivity index (χ2v) is 6.49. The van der Waals surface area contributed by atoms with Gasteiger partial charge in [-0.3, -0.25) is 0 Å². The van der Waals surface area contributed by atoms with Gasteiger partial charge in [-0.05, 0) is 55.3 Å². The Morgan fingerprint density at radius 2 is 1.86 bits per heavy atom.